The van der Waals surface area contributed by atoms with Gasteiger partial charge in [-0.05, 0) is 38.2 Å². The van der Waals surface area contributed by atoms with E-state index in [1.807, 2.05) is 6.07 Å². The topological polar surface area (TPSA) is 12.5 Å². The molecule has 0 amide bonds. The van der Waals surface area contributed by atoms with Gasteiger partial charge in [0.05, 0.1) is 0 Å². The van der Waals surface area contributed by atoms with Crippen LogP contribution in [-0.2, 0) is 10.5 Å². The van der Waals surface area contributed by atoms with Gasteiger partial charge in [-0.3, -0.25) is 4.90 Å². The van der Waals surface area contributed by atoms with Crippen LogP contribution in [0.15, 0.2) is 24.3 Å². The van der Waals surface area contributed by atoms with Crippen LogP contribution in [0.3, 0.4) is 0 Å². The zero-order valence-corrected chi connectivity index (χ0v) is 10.2. The molecule has 1 saturated heterocycles. The number of fused-ring (bicyclic) bond motifs is 2. The van der Waals surface area contributed by atoms with Crippen molar-refractivity contribution in [3.63, 3.8) is 0 Å². The van der Waals surface area contributed by atoms with E-state index in [-0.39, 0.29) is 5.72 Å². The van der Waals surface area contributed by atoms with E-state index in [4.69, 9.17) is 17.0 Å². The smallest absolute Gasteiger partial charge is 0.194 e. The molecule has 3 heteroatoms. The second kappa shape index (κ2) is 3.54. The fraction of sp³-hybridized carbons (Fsp3) is 0.462. The molecule has 0 bridgehead atoms. The van der Waals surface area contributed by atoms with Crippen LogP contribution in [0, 0.1) is 0 Å². The molecule has 1 fully saturated rings. The maximum atomic E-state index is 6.03. The van der Waals surface area contributed by atoms with Crippen LogP contribution in [0.2, 0.25) is 0 Å². The molecule has 84 valence electrons. The maximum absolute atomic E-state index is 6.03. The first kappa shape index (κ1) is 10.2. The summed E-state index contributed by atoms with van der Waals surface area (Å²) in [6.07, 6.45) is 3.50. The van der Waals surface area contributed by atoms with Gasteiger partial charge in [0.1, 0.15) is 0 Å². The molecular weight excluding hydrogens is 218 g/mol. The van der Waals surface area contributed by atoms with Crippen molar-refractivity contribution >= 4 is 17.3 Å². The van der Waals surface area contributed by atoms with Crippen molar-refractivity contribution in [3.8, 4) is 0 Å². The molecule has 0 aliphatic carbocycles. The fourth-order valence-corrected chi connectivity index (χ4v) is 3.14. The number of benzene rings is 1. The monoisotopic (exact) mass is 233 g/mol. The van der Waals surface area contributed by atoms with E-state index >= 15 is 0 Å². The summed E-state index contributed by atoms with van der Waals surface area (Å²) in [5.74, 6) is 0. The lowest BCUT2D eigenvalue weighted by Gasteiger charge is -2.41. The van der Waals surface area contributed by atoms with E-state index in [1.165, 1.54) is 18.4 Å². The van der Waals surface area contributed by atoms with Gasteiger partial charge in [-0.1, -0.05) is 18.2 Å². The van der Waals surface area contributed by atoms with Crippen molar-refractivity contribution in [3.05, 3.63) is 35.4 Å². The maximum Gasteiger partial charge on any atom is 0.194 e. The fourth-order valence-electron chi connectivity index (χ4n) is 2.82. The van der Waals surface area contributed by atoms with Crippen molar-refractivity contribution in [2.24, 2.45) is 0 Å². The Morgan fingerprint density at radius 1 is 1.31 bits per heavy atom. The summed E-state index contributed by atoms with van der Waals surface area (Å²) in [5.41, 5.74) is 2.08. The SMILES string of the molecule is CN1CCCCC12OC(=S)c1ccccc12. The van der Waals surface area contributed by atoms with Gasteiger partial charge in [0.2, 0.25) is 0 Å². The molecule has 3 rings (SSSR count). The van der Waals surface area contributed by atoms with Gasteiger partial charge in [0.15, 0.2) is 10.8 Å². The summed E-state index contributed by atoms with van der Waals surface area (Å²) in [7, 11) is 2.13. The predicted octanol–water partition coefficient (Wildman–Crippen LogP) is 2.66. The Labute approximate surface area is 101 Å². The minimum atomic E-state index is -0.272. The number of likely N-dealkylation sites (tertiary alicyclic amines) is 1. The highest BCUT2D eigenvalue weighted by molar-refractivity contribution is 7.80. The second-order valence-corrected chi connectivity index (χ2v) is 4.97. The van der Waals surface area contributed by atoms with Gasteiger partial charge < -0.3 is 4.74 Å². The lowest BCUT2D eigenvalue weighted by atomic mass is 9.91. The first-order valence-electron chi connectivity index (χ1n) is 5.78. The molecular formula is C13H15NOS. The first-order valence-corrected chi connectivity index (χ1v) is 6.19. The molecule has 0 radical (unpaired) electrons. The normalized spacial score (nSPS) is 29.2. The molecule has 16 heavy (non-hydrogen) atoms. The Morgan fingerprint density at radius 2 is 2.12 bits per heavy atom. The minimum absolute atomic E-state index is 0.272. The lowest BCUT2D eigenvalue weighted by Crippen LogP contribution is -2.47. The summed E-state index contributed by atoms with van der Waals surface area (Å²) in [6.45, 7) is 1.08. The Morgan fingerprint density at radius 3 is 2.94 bits per heavy atom. The molecule has 0 aromatic heterocycles. The Balaban J connectivity index is 2.14. The Kier molecular flexibility index (Phi) is 2.26. The van der Waals surface area contributed by atoms with E-state index in [1.54, 1.807) is 0 Å². The number of nitrogens with zero attached hydrogens (tertiary/aromatic N) is 1. The molecule has 0 N–H and O–H groups in total. The molecule has 2 heterocycles. The van der Waals surface area contributed by atoms with E-state index in [0.717, 1.165) is 18.5 Å². The average molecular weight is 233 g/mol. The average Bonchev–Trinajstić information content (AvgIpc) is 2.59. The third-order valence-corrected chi connectivity index (χ3v) is 4.01. The highest BCUT2D eigenvalue weighted by Crippen LogP contribution is 2.44. The summed E-state index contributed by atoms with van der Waals surface area (Å²) in [6, 6.07) is 8.31. The van der Waals surface area contributed by atoms with Crippen molar-refractivity contribution in [2.45, 2.75) is 25.0 Å². The van der Waals surface area contributed by atoms with Gasteiger partial charge in [0.25, 0.3) is 0 Å². The van der Waals surface area contributed by atoms with Crippen LogP contribution in [0.4, 0.5) is 0 Å². The number of hydrogen-bond acceptors (Lipinski definition) is 3. The van der Waals surface area contributed by atoms with E-state index in [2.05, 4.69) is 30.1 Å². The van der Waals surface area contributed by atoms with Crippen LogP contribution in [0.5, 0.6) is 0 Å². The number of rotatable bonds is 0. The first-order chi connectivity index (χ1) is 7.74. The number of hydrogen-bond donors (Lipinski definition) is 0. The Bertz CT molecular complexity index is 445. The van der Waals surface area contributed by atoms with E-state index in [9.17, 15) is 0 Å². The van der Waals surface area contributed by atoms with Crippen molar-refractivity contribution in [1.82, 2.24) is 4.90 Å². The van der Waals surface area contributed by atoms with Crippen LogP contribution < -0.4 is 0 Å². The number of ether oxygens (including phenoxy) is 1. The molecule has 2 aliphatic heterocycles. The second-order valence-electron chi connectivity index (χ2n) is 4.60. The van der Waals surface area contributed by atoms with Gasteiger partial charge in [0, 0.05) is 24.1 Å². The van der Waals surface area contributed by atoms with Crippen molar-refractivity contribution in [1.29, 1.82) is 0 Å². The highest BCUT2D eigenvalue weighted by atomic mass is 32.1. The molecule has 1 aromatic carbocycles. The highest BCUT2D eigenvalue weighted by Gasteiger charge is 2.47. The third-order valence-electron chi connectivity index (χ3n) is 3.71. The van der Waals surface area contributed by atoms with Gasteiger partial charge >= 0.3 is 0 Å². The van der Waals surface area contributed by atoms with E-state index in [0.29, 0.717) is 5.05 Å². The van der Waals surface area contributed by atoms with Crippen LogP contribution >= 0.6 is 12.2 Å². The minimum Gasteiger partial charge on any atom is -0.457 e. The lowest BCUT2D eigenvalue weighted by molar-refractivity contribution is -0.102. The van der Waals surface area contributed by atoms with Gasteiger partial charge in [-0.25, -0.2) is 0 Å². The zero-order chi connectivity index (χ0) is 11.2. The van der Waals surface area contributed by atoms with Gasteiger partial charge in [-0.15, -0.1) is 0 Å². The quantitative estimate of drug-likeness (QED) is 0.639. The van der Waals surface area contributed by atoms with Crippen molar-refractivity contribution in [2.75, 3.05) is 13.6 Å². The molecule has 2 nitrogen and oxygen atoms in total. The molecule has 1 unspecified atom stereocenters. The Hall–Kier alpha value is -0.930. The summed E-state index contributed by atoms with van der Waals surface area (Å²) in [4.78, 5) is 2.30. The van der Waals surface area contributed by atoms with Crippen molar-refractivity contribution < 1.29 is 4.74 Å². The third kappa shape index (κ3) is 1.25. The molecule has 1 atom stereocenters. The standard InChI is InChI=1S/C13H15NOS/c1-14-9-5-4-8-13(14)11-7-3-2-6-10(11)12(16)15-13/h2-3,6-7H,4-5,8-9H2,1H3. The van der Waals surface area contributed by atoms with Crippen LogP contribution in [0.25, 0.3) is 0 Å². The predicted molar refractivity (Wildman–Crippen MR) is 67.4 cm³/mol. The zero-order valence-electron chi connectivity index (χ0n) is 9.40. The van der Waals surface area contributed by atoms with Gasteiger partial charge in [-0.2, -0.15) is 0 Å². The summed E-state index contributed by atoms with van der Waals surface area (Å²) in [5, 5.41) is 0.657. The van der Waals surface area contributed by atoms with E-state index < -0.39 is 0 Å². The van der Waals surface area contributed by atoms with Crippen LogP contribution in [0.1, 0.15) is 30.4 Å². The molecule has 0 saturated carbocycles. The molecule has 1 spiro atoms. The van der Waals surface area contributed by atoms with Crippen LogP contribution in [-0.4, -0.2) is 23.5 Å². The number of thiocarbonyl (C=S) groups is 1. The molecule has 1 aromatic rings. The number of piperidine rings is 1. The summed E-state index contributed by atoms with van der Waals surface area (Å²) >= 11 is 5.33. The largest absolute Gasteiger partial charge is 0.457 e. The molecule has 2 aliphatic rings. The summed E-state index contributed by atoms with van der Waals surface area (Å²) < 4.78 is 6.03.